The fourth-order valence-electron chi connectivity index (χ4n) is 5.75. The summed E-state index contributed by atoms with van der Waals surface area (Å²) >= 11 is 0. The summed E-state index contributed by atoms with van der Waals surface area (Å²) in [7, 11) is 0. The number of aliphatic imine (C=N–C) groups is 2. The number of ether oxygens (including phenoxy) is 2. The lowest BCUT2D eigenvalue weighted by atomic mass is 10.0. The Labute approximate surface area is 212 Å². The van der Waals surface area contributed by atoms with Gasteiger partial charge in [-0.1, -0.05) is 30.3 Å². The average molecular weight is 495 g/mol. The summed E-state index contributed by atoms with van der Waals surface area (Å²) in [5, 5.41) is 0. The molecule has 1 atom stereocenters. The maximum atomic E-state index is 13.2. The number of Topliss-reactive ketones (excluding diaryl/α,β-unsaturated/α-hetero) is 1. The van der Waals surface area contributed by atoms with Gasteiger partial charge in [0.05, 0.1) is 33.0 Å². The van der Waals surface area contributed by atoms with Crippen LogP contribution >= 0.6 is 0 Å². The third-order valence-corrected chi connectivity index (χ3v) is 7.63. The molecule has 0 radical (unpaired) electrons. The Bertz CT molecular complexity index is 1060. The Balaban J connectivity index is 1.22. The lowest BCUT2D eigenvalue weighted by molar-refractivity contribution is -0.870. The molecule has 0 aromatic heterocycles. The number of nitrogens with zero attached hydrogens (tertiary/aromatic N) is 6. The molecule has 10 nitrogen and oxygen atoms in total. The van der Waals surface area contributed by atoms with E-state index < -0.39 is 0 Å². The van der Waals surface area contributed by atoms with Gasteiger partial charge in [-0.2, -0.15) is 15.0 Å². The van der Waals surface area contributed by atoms with Crippen molar-refractivity contribution in [2.75, 3.05) is 85.3 Å². The highest BCUT2D eigenvalue weighted by Gasteiger charge is 2.49. The normalized spacial score (nSPS) is 27.3. The Morgan fingerprint density at radius 2 is 1.67 bits per heavy atom. The molecule has 6 rings (SSSR count). The maximum absolute atomic E-state index is 13.2. The SMILES string of the molecule is O=C1CN(Cc2ccccc2)CC2=C1N=C1N=C(N3CCOCC3)N[N+]1(CCCN1CCOCC1)C2. The standard InChI is InChI=1S/C26H36N7O3/c34-23-19-31(17-21-5-2-1-3-6-21)18-22-20-33(12-4-7-30-8-13-35-14-9-30)26(27-24(22)23)28-25(29-33)32-10-15-36-16-11-32/h1-3,5-6H,4,7-20H2,(H,27,28,29)/q+1. The largest absolute Gasteiger partial charge is 0.379 e. The van der Waals surface area contributed by atoms with Gasteiger partial charge in [0.2, 0.25) is 0 Å². The van der Waals surface area contributed by atoms with Crippen LogP contribution in [0.3, 0.4) is 0 Å². The van der Waals surface area contributed by atoms with E-state index in [1.165, 1.54) is 5.56 Å². The first kappa shape index (κ1) is 23.7. The molecule has 1 N–H and O–H groups in total. The first-order valence-electron chi connectivity index (χ1n) is 13.2. The molecule has 2 fully saturated rings. The van der Waals surface area contributed by atoms with Crippen LogP contribution in [0.4, 0.5) is 0 Å². The Morgan fingerprint density at radius 3 is 2.44 bits per heavy atom. The van der Waals surface area contributed by atoms with E-state index >= 15 is 0 Å². The Kier molecular flexibility index (Phi) is 6.85. The second-order valence-electron chi connectivity index (χ2n) is 10.2. The van der Waals surface area contributed by atoms with E-state index in [1.54, 1.807) is 0 Å². The Hall–Kier alpha value is -2.63. The number of hydrogen-bond acceptors (Lipinski definition) is 9. The quantitative estimate of drug-likeness (QED) is 0.575. The molecule has 10 heteroatoms. The number of hydrogen-bond donors (Lipinski definition) is 1. The zero-order valence-corrected chi connectivity index (χ0v) is 20.9. The van der Waals surface area contributed by atoms with Gasteiger partial charge in [-0.25, -0.2) is 0 Å². The van der Waals surface area contributed by atoms with Gasteiger partial charge in [0.15, 0.2) is 5.78 Å². The topological polar surface area (TPSA) is 82.0 Å². The molecule has 2 saturated heterocycles. The van der Waals surface area contributed by atoms with E-state index in [0.717, 1.165) is 89.5 Å². The van der Waals surface area contributed by atoms with Gasteiger partial charge in [-0.3, -0.25) is 14.6 Å². The number of carbonyl (C=O) groups is 1. The number of morpholine rings is 2. The third kappa shape index (κ3) is 4.96. The summed E-state index contributed by atoms with van der Waals surface area (Å²) < 4.78 is 11.6. The van der Waals surface area contributed by atoms with Crippen molar-refractivity contribution in [1.29, 1.82) is 0 Å². The highest BCUT2D eigenvalue weighted by Crippen LogP contribution is 2.30. The van der Waals surface area contributed by atoms with Gasteiger partial charge < -0.3 is 14.4 Å². The molecule has 5 aliphatic rings. The van der Waals surface area contributed by atoms with Gasteiger partial charge in [-0.05, 0) is 5.56 Å². The van der Waals surface area contributed by atoms with Gasteiger partial charge in [0, 0.05) is 57.8 Å². The van der Waals surface area contributed by atoms with Crippen molar-refractivity contribution in [1.82, 2.24) is 20.1 Å². The van der Waals surface area contributed by atoms with Crippen LogP contribution < -0.4 is 5.43 Å². The molecular weight excluding hydrogens is 458 g/mol. The van der Waals surface area contributed by atoms with Crippen LogP contribution in [-0.2, 0) is 20.8 Å². The van der Waals surface area contributed by atoms with Crippen molar-refractivity contribution < 1.29 is 18.9 Å². The van der Waals surface area contributed by atoms with E-state index in [-0.39, 0.29) is 5.78 Å². The van der Waals surface area contributed by atoms with E-state index in [1.807, 2.05) is 6.07 Å². The fraction of sp³-hybridized carbons (Fsp3) is 0.577. The molecular formula is C26H36N7O3+. The molecule has 1 unspecified atom stereocenters. The summed E-state index contributed by atoms with van der Waals surface area (Å²) in [6.07, 6.45) is 1.02. The number of carbonyl (C=O) groups excluding carboxylic acids is 1. The first-order chi connectivity index (χ1) is 17.7. The van der Waals surface area contributed by atoms with E-state index in [2.05, 4.69) is 44.4 Å². The smallest absolute Gasteiger partial charge is 0.358 e. The monoisotopic (exact) mass is 494 g/mol. The number of nitrogens with one attached hydrogen (secondary N) is 1. The van der Waals surface area contributed by atoms with Gasteiger partial charge in [0.1, 0.15) is 18.8 Å². The summed E-state index contributed by atoms with van der Waals surface area (Å²) in [6.45, 7) is 11.1. The maximum Gasteiger partial charge on any atom is 0.358 e. The molecule has 5 aliphatic heterocycles. The number of rotatable bonds is 6. The highest BCUT2D eigenvalue weighted by molar-refractivity contribution is 6.03. The molecule has 36 heavy (non-hydrogen) atoms. The van der Waals surface area contributed by atoms with Crippen molar-refractivity contribution in [2.24, 2.45) is 9.98 Å². The molecule has 192 valence electrons. The summed E-state index contributed by atoms with van der Waals surface area (Å²) in [4.78, 5) is 30.0. The van der Waals surface area contributed by atoms with E-state index in [9.17, 15) is 4.79 Å². The predicted octanol–water partition coefficient (Wildman–Crippen LogP) is 0.441. The minimum atomic E-state index is 0.0980. The van der Waals surface area contributed by atoms with Crippen LogP contribution in [0.2, 0.25) is 0 Å². The van der Waals surface area contributed by atoms with E-state index in [4.69, 9.17) is 19.5 Å². The second-order valence-corrected chi connectivity index (χ2v) is 10.2. The number of ketones is 1. The number of benzene rings is 1. The number of quaternary nitrogens is 1. The highest BCUT2D eigenvalue weighted by atomic mass is 16.5. The van der Waals surface area contributed by atoms with Crippen molar-refractivity contribution in [3.63, 3.8) is 0 Å². The minimum Gasteiger partial charge on any atom is -0.379 e. The first-order valence-corrected chi connectivity index (χ1v) is 13.2. The molecule has 0 amide bonds. The van der Waals surface area contributed by atoms with Crippen LogP contribution in [0.5, 0.6) is 0 Å². The molecule has 1 aromatic carbocycles. The zero-order valence-electron chi connectivity index (χ0n) is 20.9. The average Bonchev–Trinajstić information content (AvgIpc) is 3.28. The molecule has 0 bridgehead atoms. The van der Waals surface area contributed by atoms with Crippen molar-refractivity contribution in [3.8, 4) is 0 Å². The summed E-state index contributed by atoms with van der Waals surface area (Å²) in [6, 6.07) is 10.4. The molecule has 1 aromatic rings. The van der Waals surface area contributed by atoms with Gasteiger partial charge >= 0.3 is 5.96 Å². The molecule has 0 aliphatic carbocycles. The molecule has 0 saturated carbocycles. The zero-order chi connectivity index (χ0) is 24.4. The van der Waals surface area contributed by atoms with Gasteiger partial charge in [-0.15, -0.1) is 4.99 Å². The third-order valence-electron chi connectivity index (χ3n) is 7.63. The predicted molar refractivity (Wildman–Crippen MR) is 136 cm³/mol. The van der Waals surface area contributed by atoms with Crippen molar-refractivity contribution >= 4 is 17.7 Å². The van der Waals surface area contributed by atoms with Crippen LogP contribution in [0, 0.1) is 0 Å². The van der Waals surface area contributed by atoms with Crippen LogP contribution in [0.15, 0.2) is 51.6 Å². The van der Waals surface area contributed by atoms with Crippen LogP contribution in [-0.4, -0.2) is 122 Å². The Morgan fingerprint density at radius 1 is 0.917 bits per heavy atom. The summed E-state index contributed by atoms with van der Waals surface area (Å²) in [5.74, 6) is 1.68. The molecule has 5 heterocycles. The van der Waals surface area contributed by atoms with Crippen molar-refractivity contribution in [2.45, 2.75) is 13.0 Å². The van der Waals surface area contributed by atoms with Gasteiger partial charge in [0.25, 0.3) is 5.96 Å². The van der Waals surface area contributed by atoms with Crippen molar-refractivity contribution in [3.05, 3.63) is 47.2 Å². The number of guanidine groups is 2. The lowest BCUT2D eigenvalue weighted by Crippen LogP contribution is -2.64. The molecule has 0 spiro atoms. The minimum absolute atomic E-state index is 0.0980. The number of fused-ring (bicyclic) bond motifs is 1. The summed E-state index contributed by atoms with van der Waals surface area (Å²) in [5.41, 5.74) is 6.71. The second kappa shape index (κ2) is 10.4. The van der Waals surface area contributed by atoms with Crippen LogP contribution in [0.1, 0.15) is 12.0 Å². The lowest BCUT2D eigenvalue weighted by Gasteiger charge is -2.39. The van der Waals surface area contributed by atoms with Crippen LogP contribution in [0.25, 0.3) is 0 Å². The van der Waals surface area contributed by atoms with E-state index in [0.29, 0.717) is 36.6 Å². The fourth-order valence-corrected chi connectivity index (χ4v) is 5.75.